The molecule has 1 fully saturated rings. The number of ether oxygens (including phenoxy) is 2. The van der Waals surface area contributed by atoms with Crippen molar-refractivity contribution in [2.45, 2.75) is 20.5 Å². The molecule has 3 aromatic rings. The molecule has 168 valence electrons. The number of rotatable bonds is 7. The molecule has 0 spiro atoms. The summed E-state index contributed by atoms with van der Waals surface area (Å²) in [5.74, 6) is 1.24. The molecular weight excluding hydrogens is 565 g/mol. The Hall–Kier alpha value is -2.36. The van der Waals surface area contributed by atoms with Gasteiger partial charge in [-0.25, -0.2) is 0 Å². The van der Waals surface area contributed by atoms with Crippen LogP contribution in [0.4, 0.5) is 5.69 Å². The summed E-state index contributed by atoms with van der Waals surface area (Å²) < 4.78 is 13.4. The predicted octanol–water partition coefficient (Wildman–Crippen LogP) is 6.98. The number of benzene rings is 3. The zero-order valence-electron chi connectivity index (χ0n) is 18.2. The molecule has 1 amide bonds. The van der Waals surface area contributed by atoms with E-state index in [1.54, 1.807) is 4.90 Å². The van der Waals surface area contributed by atoms with Crippen LogP contribution in [0.15, 0.2) is 71.6 Å². The molecule has 0 saturated carbocycles. The number of carbonyl (C=O) groups is 1. The summed E-state index contributed by atoms with van der Waals surface area (Å²) in [7, 11) is 0. The van der Waals surface area contributed by atoms with E-state index in [0.717, 1.165) is 25.9 Å². The van der Waals surface area contributed by atoms with Gasteiger partial charge in [0.1, 0.15) is 6.61 Å². The topological polar surface area (TPSA) is 38.8 Å². The summed E-state index contributed by atoms with van der Waals surface area (Å²) in [6.45, 7) is 4.87. The lowest BCUT2D eigenvalue weighted by Crippen LogP contribution is -2.28. The maximum Gasteiger partial charge on any atom is 0.270 e. The lowest BCUT2D eigenvalue weighted by Gasteiger charge is -2.17. The number of carbonyl (C=O) groups excluding carboxylic acids is 1. The molecule has 7 heteroatoms. The molecule has 0 bridgehead atoms. The van der Waals surface area contributed by atoms with Crippen LogP contribution in [-0.4, -0.2) is 16.8 Å². The Morgan fingerprint density at radius 3 is 2.52 bits per heavy atom. The number of nitrogens with zero attached hydrogens (tertiary/aromatic N) is 1. The zero-order chi connectivity index (χ0) is 23.4. The number of hydrogen-bond acceptors (Lipinski definition) is 5. The van der Waals surface area contributed by atoms with E-state index in [1.165, 1.54) is 11.8 Å². The van der Waals surface area contributed by atoms with Crippen LogP contribution in [0.3, 0.4) is 0 Å². The minimum atomic E-state index is -0.114. The second kappa shape index (κ2) is 10.7. The Labute approximate surface area is 217 Å². The van der Waals surface area contributed by atoms with Gasteiger partial charge >= 0.3 is 0 Å². The first-order valence-corrected chi connectivity index (χ1v) is 12.7. The summed E-state index contributed by atoms with van der Waals surface area (Å²) >= 11 is 9.09. The molecule has 0 N–H and O–H groups in total. The Morgan fingerprint density at radius 1 is 1.06 bits per heavy atom. The van der Waals surface area contributed by atoms with E-state index in [2.05, 4.69) is 22.6 Å². The van der Waals surface area contributed by atoms with Crippen LogP contribution in [0.5, 0.6) is 11.5 Å². The van der Waals surface area contributed by atoms with Crippen molar-refractivity contribution >= 4 is 68.6 Å². The maximum absolute atomic E-state index is 13.2. The lowest BCUT2D eigenvalue weighted by molar-refractivity contribution is -0.113. The summed E-state index contributed by atoms with van der Waals surface area (Å²) in [6.07, 6.45) is 1.86. The van der Waals surface area contributed by atoms with Crippen LogP contribution < -0.4 is 14.4 Å². The van der Waals surface area contributed by atoms with E-state index in [0.29, 0.717) is 33.9 Å². The van der Waals surface area contributed by atoms with E-state index in [4.69, 9.17) is 21.7 Å². The highest BCUT2D eigenvalue weighted by Crippen LogP contribution is 2.39. The number of hydrogen-bond donors (Lipinski definition) is 0. The molecule has 33 heavy (non-hydrogen) atoms. The van der Waals surface area contributed by atoms with E-state index >= 15 is 0 Å². The Morgan fingerprint density at radius 2 is 1.79 bits per heavy atom. The smallest absolute Gasteiger partial charge is 0.270 e. The standard InChI is InChI=1S/C26H22INO3S2/c1-3-30-22-14-19(13-20(27)24(22)31-16-18-10-5-4-6-11-18)15-23-25(29)28(26(32)33-23)21-12-8-7-9-17(21)2/h4-15H,3,16H2,1-2H3/b23-15+. The molecule has 3 aromatic carbocycles. The third kappa shape index (κ3) is 5.42. The van der Waals surface area contributed by atoms with Gasteiger partial charge in [-0.05, 0) is 77.4 Å². The second-order valence-electron chi connectivity index (χ2n) is 7.34. The third-order valence-corrected chi connectivity index (χ3v) is 7.11. The van der Waals surface area contributed by atoms with Crippen LogP contribution >= 0.6 is 46.6 Å². The van der Waals surface area contributed by atoms with Gasteiger partial charge in [0.05, 0.1) is 20.8 Å². The van der Waals surface area contributed by atoms with E-state index in [1.807, 2.05) is 86.7 Å². The van der Waals surface area contributed by atoms with Crippen molar-refractivity contribution in [2.24, 2.45) is 0 Å². The zero-order valence-corrected chi connectivity index (χ0v) is 22.0. The summed E-state index contributed by atoms with van der Waals surface area (Å²) in [4.78, 5) is 15.4. The molecule has 1 saturated heterocycles. The maximum atomic E-state index is 13.2. The molecule has 1 aliphatic heterocycles. The quantitative estimate of drug-likeness (QED) is 0.169. The molecule has 0 atom stereocenters. The number of anilines is 1. The Balaban J connectivity index is 1.62. The van der Waals surface area contributed by atoms with Crippen molar-refractivity contribution in [1.29, 1.82) is 0 Å². The highest BCUT2D eigenvalue weighted by atomic mass is 127. The number of para-hydroxylation sites is 1. The molecule has 0 aromatic heterocycles. The number of aryl methyl sites for hydroxylation is 1. The van der Waals surface area contributed by atoms with Gasteiger partial charge in [-0.3, -0.25) is 9.69 Å². The molecular formula is C26H22INO3S2. The first-order chi connectivity index (χ1) is 16.0. The van der Waals surface area contributed by atoms with Crippen molar-refractivity contribution in [3.8, 4) is 11.5 Å². The Bertz CT molecular complexity index is 1230. The van der Waals surface area contributed by atoms with Crippen LogP contribution in [0.1, 0.15) is 23.6 Å². The summed E-state index contributed by atoms with van der Waals surface area (Å²) in [5, 5.41) is 0. The fourth-order valence-corrected chi connectivity index (χ4v) is 5.51. The van der Waals surface area contributed by atoms with Gasteiger partial charge in [-0.1, -0.05) is 72.5 Å². The monoisotopic (exact) mass is 587 g/mol. The van der Waals surface area contributed by atoms with Crippen LogP contribution in [0, 0.1) is 10.5 Å². The molecule has 0 radical (unpaired) electrons. The first kappa shape index (κ1) is 23.8. The largest absolute Gasteiger partial charge is 0.490 e. The van der Waals surface area contributed by atoms with Crippen LogP contribution in [0.25, 0.3) is 6.08 Å². The highest BCUT2D eigenvalue weighted by Gasteiger charge is 2.34. The van der Waals surface area contributed by atoms with Crippen molar-refractivity contribution in [1.82, 2.24) is 0 Å². The average Bonchev–Trinajstić information content (AvgIpc) is 3.07. The normalized spacial score (nSPS) is 14.8. The van der Waals surface area contributed by atoms with E-state index in [-0.39, 0.29) is 5.91 Å². The third-order valence-electron chi connectivity index (χ3n) is 5.01. The molecule has 1 aliphatic rings. The van der Waals surface area contributed by atoms with Crippen LogP contribution in [-0.2, 0) is 11.4 Å². The van der Waals surface area contributed by atoms with Gasteiger partial charge in [-0.2, -0.15) is 0 Å². The van der Waals surface area contributed by atoms with Gasteiger partial charge in [0, 0.05) is 0 Å². The van der Waals surface area contributed by atoms with E-state index in [9.17, 15) is 4.79 Å². The minimum absolute atomic E-state index is 0.114. The number of thioether (sulfide) groups is 1. The van der Waals surface area contributed by atoms with Gasteiger partial charge in [0.25, 0.3) is 5.91 Å². The molecule has 0 unspecified atom stereocenters. The SMILES string of the molecule is CCOc1cc(/C=C2/SC(=S)N(c3ccccc3C)C2=O)cc(I)c1OCc1ccccc1. The molecule has 4 rings (SSSR count). The van der Waals surface area contributed by atoms with Gasteiger partial charge in [-0.15, -0.1) is 0 Å². The van der Waals surface area contributed by atoms with Gasteiger partial charge < -0.3 is 9.47 Å². The average molecular weight is 588 g/mol. The molecule has 4 nitrogen and oxygen atoms in total. The van der Waals surface area contributed by atoms with Crippen molar-refractivity contribution in [2.75, 3.05) is 11.5 Å². The van der Waals surface area contributed by atoms with Crippen LogP contribution in [0.2, 0.25) is 0 Å². The highest BCUT2D eigenvalue weighted by molar-refractivity contribution is 14.1. The first-order valence-electron chi connectivity index (χ1n) is 10.4. The fourth-order valence-electron chi connectivity index (χ4n) is 3.45. The van der Waals surface area contributed by atoms with Crippen molar-refractivity contribution < 1.29 is 14.3 Å². The molecule has 0 aliphatic carbocycles. The lowest BCUT2D eigenvalue weighted by atomic mass is 10.1. The van der Waals surface area contributed by atoms with E-state index < -0.39 is 0 Å². The van der Waals surface area contributed by atoms with Crippen molar-refractivity contribution in [3.63, 3.8) is 0 Å². The number of thiocarbonyl (C=S) groups is 1. The minimum Gasteiger partial charge on any atom is -0.490 e. The summed E-state index contributed by atoms with van der Waals surface area (Å²) in [6, 6.07) is 21.7. The fraction of sp³-hybridized carbons (Fsp3) is 0.154. The Kier molecular flexibility index (Phi) is 7.72. The number of halogens is 1. The predicted molar refractivity (Wildman–Crippen MR) is 148 cm³/mol. The molecule has 1 heterocycles. The van der Waals surface area contributed by atoms with Gasteiger partial charge in [0.2, 0.25) is 0 Å². The number of amides is 1. The van der Waals surface area contributed by atoms with Crippen molar-refractivity contribution in [3.05, 3.63) is 91.9 Å². The second-order valence-corrected chi connectivity index (χ2v) is 10.2. The summed E-state index contributed by atoms with van der Waals surface area (Å²) in [5.41, 5.74) is 3.76. The van der Waals surface area contributed by atoms with Gasteiger partial charge in [0.15, 0.2) is 15.8 Å².